The lowest BCUT2D eigenvalue weighted by Gasteiger charge is -2.53. The van der Waals surface area contributed by atoms with E-state index in [2.05, 4.69) is 5.32 Å². The van der Waals surface area contributed by atoms with E-state index in [9.17, 15) is 13.5 Å². The van der Waals surface area contributed by atoms with Crippen LogP contribution in [0.5, 0.6) is 0 Å². The first-order chi connectivity index (χ1) is 11.5. The predicted octanol–water partition coefficient (Wildman–Crippen LogP) is 4.55. The van der Waals surface area contributed by atoms with Crippen LogP contribution < -0.4 is 9.62 Å². The van der Waals surface area contributed by atoms with Crippen LogP contribution in [0.2, 0.25) is 0 Å². The second-order valence-corrected chi connectivity index (χ2v) is 8.19. The minimum atomic E-state index is -3.04. The van der Waals surface area contributed by atoms with Gasteiger partial charge in [0, 0.05) is 0 Å². The van der Waals surface area contributed by atoms with Crippen molar-refractivity contribution in [2.45, 2.75) is 24.5 Å². The SMILES string of the molecule is CNCCC[C@@H]1Cc2cc(F)ccc2N(c2ccccc2)S1(O)O. The molecule has 0 saturated carbocycles. The van der Waals surface area contributed by atoms with Gasteiger partial charge in [-0.1, -0.05) is 18.2 Å². The lowest BCUT2D eigenvalue weighted by atomic mass is 10.0. The minimum absolute atomic E-state index is 0.297. The van der Waals surface area contributed by atoms with Gasteiger partial charge in [0.25, 0.3) is 0 Å². The van der Waals surface area contributed by atoms with Gasteiger partial charge in [0.05, 0.1) is 16.6 Å². The van der Waals surface area contributed by atoms with Crippen molar-refractivity contribution in [3.8, 4) is 0 Å². The Hall–Kier alpha value is -1.60. The first kappa shape index (κ1) is 17.2. The number of para-hydroxylation sites is 1. The Morgan fingerprint density at radius 3 is 2.67 bits per heavy atom. The first-order valence-electron chi connectivity index (χ1n) is 8.09. The monoisotopic (exact) mass is 350 g/mol. The standard InChI is InChI=1S/C18H23FN2O2S/c1-20-11-5-8-17-13-14-12-15(19)9-10-18(14)21(24(17,22)23)16-6-3-2-4-7-16/h2-4,6-7,9-10,12,17,20,22-23H,5,8,11,13H2,1H3/t17-/m1/s1. The lowest BCUT2D eigenvalue weighted by molar-refractivity contribution is 0.454. The first-order valence-corrected chi connectivity index (χ1v) is 9.66. The number of hydrogen-bond donors (Lipinski definition) is 3. The summed E-state index contributed by atoms with van der Waals surface area (Å²) in [5.41, 5.74) is 2.20. The van der Waals surface area contributed by atoms with E-state index in [-0.39, 0.29) is 11.1 Å². The third kappa shape index (κ3) is 3.28. The zero-order valence-corrected chi connectivity index (χ0v) is 14.5. The number of nitrogens with one attached hydrogen (secondary N) is 1. The summed E-state index contributed by atoms with van der Waals surface area (Å²) in [4.78, 5) is 0. The highest BCUT2D eigenvalue weighted by Gasteiger charge is 2.39. The van der Waals surface area contributed by atoms with Crippen LogP contribution in [0.25, 0.3) is 0 Å². The van der Waals surface area contributed by atoms with Crippen LogP contribution in [-0.2, 0) is 6.42 Å². The van der Waals surface area contributed by atoms with E-state index < -0.39 is 10.8 Å². The van der Waals surface area contributed by atoms with Gasteiger partial charge in [-0.25, -0.2) is 8.70 Å². The van der Waals surface area contributed by atoms with Crippen molar-refractivity contribution >= 4 is 22.2 Å². The van der Waals surface area contributed by atoms with E-state index in [0.717, 1.165) is 18.5 Å². The third-order valence-corrected chi connectivity index (χ3v) is 6.61. The molecule has 1 heterocycles. The molecular formula is C18H23FN2O2S. The maximum absolute atomic E-state index is 13.7. The number of rotatable bonds is 5. The summed E-state index contributed by atoms with van der Waals surface area (Å²) in [6.07, 6.45) is 1.98. The van der Waals surface area contributed by atoms with Gasteiger partial charge in [-0.05, 0) is 68.8 Å². The molecule has 130 valence electrons. The van der Waals surface area contributed by atoms with Crippen molar-refractivity contribution in [3.63, 3.8) is 0 Å². The second-order valence-electron chi connectivity index (χ2n) is 6.04. The molecule has 1 aliphatic rings. The molecule has 0 amide bonds. The number of anilines is 2. The molecule has 6 heteroatoms. The maximum atomic E-state index is 13.7. The van der Waals surface area contributed by atoms with Gasteiger partial charge in [0.2, 0.25) is 0 Å². The molecule has 1 atom stereocenters. The summed E-state index contributed by atoms with van der Waals surface area (Å²) in [5, 5.41) is 2.76. The fourth-order valence-corrected chi connectivity index (χ4v) is 5.27. The minimum Gasteiger partial charge on any atom is -0.320 e. The Kier molecular flexibility index (Phi) is 5.10. The van der Waals surface area contributed by atoms with Crippen molar-refractivity contribution in [1.29, 1.82) is 0 Å². The van der Waals surface area contributed by atoms with Crippen molar-refractivity contribution in [3.05, 3.63) is 59.9 Å². The molecule has 0 bridgehead atoms. The number of halogens is 1. The molecule has 0 fully saturated rings. The van der Waals surface area contributed by atoms with E-state index in [1.165, 1.54) is 12.1 Å². The molecule has 2 aromatic rings. The quantitative estimate of drug-likeness (QED) is 0.692. The van der Waals surface area contributed by atoms with Crippen molar-refractivity contribution in [1.82, 2.24) is 5.32 Å². The fraction of sp³-hybridized carbons (Fsp3) is 0.333. The van der Waals surface area contributed by atoms with Gasteiger partial charge < -0.3 is 5.32 Å². The Morgan fingerprint density at radius 1 is 1.21 bits per heavy atom. The van der Waals surface area contributed by atoms with E-state index in [4.69, 9.17) is 0 Å². The Morgan fingerprint density at radius 2 is 1.96 bits per heavy atom. The van der Waals surface area contributed by atoms with Gasteiger partial charge >= 0.3 is 0 Å². The van der Waals surface area contributed by atoms with Gasteiger partial charge in [-0.2, -0.15) is 0 Å². The summed E-state index contributed by atoms with van der Waals surface area (Å²) >= 11 is 0. The number of nitrogens with zero attached hydrogens (tertiary/aromatic N) is 1. The molecule has 2 aromatic carbocycles. The number of hydrogen-bond acceptors (Lipinski definition) is 4. The average Bonchev–Trinajstić information content (AvgIpc) is 2.56. The number of benzene rings is 2. The highest BCUT2D eigenvalue weighted by molar-refractivity contribution is 8.26. The molecule has 0 unspecified atom stereocenters. The molecule has 1 aliphatic heterocycles. The smallest absolute Gasteiger partial charge is 0.123 e. The number of fused-ring (bicyclic) bond motifs is 1. The zero-order chi connectivity index (χ0) is 17.2. The lowest BCUT2D eigenvalue weighted by Crippen LogP contribution is -2.38. The molecule has 0 aromatic heterocycles. The normalized spacial score (nSPS) is 20.5. The molecule has 3 rings (SSSR count). The molecule has 3 N–H and O–H groups in total. The summed E-state index contributed by atoms with van der Waals surface area (Å²) < 4.78 is 37.3. The molecule has 0 spiro atoms. The van der Waals surface area contributed by atoms with E-state index >= 15 is 0 Å². The van der Waals surface area contributed by atoms with E-state index in [1.54, 1.807) is 10.4 Å². The van der Waals surface area contributed by atoms with Crippen LogP contribution in [0.4, 0.5) is 15.8 Å². The third-order valence-electron chi connectivity index (χ3n) is 4.37. The van der Waals surface area contributed by atoms with E-state index in [1.807, 2.05) is 37.4 Å². The summed E-state index contributed by atoms with van der Waals surface area (Å²) in [6, 6.07) is 13.8. The van der Waals surface area contributed by atoms with Crippen molar-refractivity contribution < 1.29 is 13.5 Å². The van der Waals surface area contributed by atoms with Crippen LogP contribution in [0, 0.1) is 5.82 Å². The summed E-state index contributed by atoms with van der Waals surface area (Å²) in [7, 11) is -1.17. The molecule has 0 radical (unpaired) electrons. The van der Waals surface area contributed by atoms with Crippen molar-refractivity contribution in [2.75, 3.05) is 17.9 Å². The van der Waals surface area contributed by atoms with E-state index in [0.29, 0.717) is 24.2 Å². The van der Waals surface area contributed by atoms with Crippen molar-refractivity contribution in [2.24, 2.45) is 0 Å². The predicted molar refractivity (Wildman–Crippen MR) is 98.5 cm³/mol. The average molecular weight is 350 g/mol. The van der Waals surface area contributed by atoms with Gasteiger partial charge in [-0.3, -0.25) is 9.11 Å². The van der Waals surface area contributed by atoms with Crippen LogP contribution in [0.3, 0.4) is 0 Å². The second kappa shape index (κ2) is 7.11. The Balaban J connectivity index is 2.03. The fourth-order valence-electron chi connectivity index (χ4n) is 3.19. The molecule has 4 nitrogen and oxygen atoms in total. The topological polar surface area (TPSA) is 55.7 Å². The zero-order valence-electron chi connectivity index (χ0n) is 13.7. The molecule has 0 aliphatic carbocycles. The van der Waals surface area contributed by atoms with Crippen LogP contribution in [-0.4, -0.2) is 27.9 Å². The highest BCUT2D eigenvalue weighted by Crippen LogP contribution is 2.60. The van der Waals surface area contributed by atoms with Gasteiger partial charge in [0.1, 0.15) is 5.82 Å². The maximum Gasteiger partial charge on any atom is 0.123 e. The Labute approximate surface area is 143 Å². The van der Waals surface area contributed by atoms with Gasteiger partial charge in [-0.15, -0.1) is 10.8 Å². The van der Waals surface area contributed by atoms with Crippen LogP contribution >= 0.6 is 10.8 Å². The van der Waals surface area contributed by atoms with Crippen LogP contribution in [0.1, 0.15) is 18.4 Å². The Bertz CT molecular complexity index is 697. The van der Waals surface area contributed by atoms with Gasteiger partial charge in [0.15, 0.2) is 0 Å². The molecule has 0 saturated heterocycles. The highest BCUT2D eigenvalue weighted by atomic mass is 32.3. The summed E-state index contributed by atoms with van der Waals surface area (Å²) in [6.45, 7) is 0.813. The van der Waals surface area contributed by atoms with Crippen LogP contribution in [0.15, 0.2) is 48.5 Å². The molecular weight excluding hydrogens is 327 g/mol. The largest absolute Gasteiger partial charge is 0.320 e. The molecule has 24 heavy (non-hydrogen) atoms. The summed E-state index contributed by atoms with van der Waals surface area (Å²) in [5.74, 6) is -0.297.